The normalized spacial score (nSPS) is 14.4. The highest BCUT2D eigenvalue weighted by Crippen LogP contribution is 2.16. The lowest BCUT2D eigenvalue weighted by molar-refractivity contribution is -0.122. The van der Waals surface area contributed by atoms with Gasteiger partial charge in [-0.25, -0.2) is 0 Å². The first-order valence-electron chi connectivity index (χ1n) is 6.69. The summed E-state index contributed by atoms with van der Waals surface area (Å²) in [6, 6.07) is 1.86. The van der Waals surface area contributed by atoms with Crippen LogP contribution in [-0.2, 0) is 4.79 Å². The molecule has 0 radical (unpaired) electrons. The summed E-state index contributed by atoms with van der Waals surface area (Å²) in [5.74, 6) is 0.724. The molecule has 5 heteroatoms. The van der Waals surface area contributed by atoms with Crippen molar-refractivity contribution in [3.05, 3.63) is 22.4 Å². The Balaban J connectivity index is 2.30. The van der Waals surface area contributed by atoms with Gasteiger partial charge in [0, 0.05) is 13.0 Å². The number of nitrogens with two attached hydrogens (primary N) is 1. The predicted molar refractivity (Wildman–Crippen MR) is 78.9 cm³/mol. The summed E-state index contributed by atoms with van der Waals surface area (Å²) < 4.78 is 0. The van der Waals surface area contributed by atoms with Crippen LogP contribution in [0, 0.1) is 11.8 Å². The molecule has 2 unspecified atom stereocenters. The van der Waals surface area contributed by atoms with E-state index < -0.39 is 6.10 Å². The monoisotopic (exact) mass is 284 g/mol. The van der Waals surface area contributed by atoms with Crippen LogP contribution in [-0.4, -0.2) is 24.1 Å². The van der Waals surface area contributed by atoms with Gasteiger partial charge in [-0.3, -0.25) is 4.79 Å². The lowest BCUT2D eigenvalue weighted by Gasteiger charge is -2.17. The number of carbonyl (C=O) groups excluding carboxylic acids is 1. The molecule has 0 bridgehead atoms. The quantitative estimate of drug-likeness (QED) is 0.682. The second-order valence-electron chi connectivity index (χ2n) is 5.31. The van der Waals surface area contributed by atoms with E-state index in [0.29, 0.717) is 18.9 Å². The zero-order chi connectivity index (χ0) is 14.3. The molecule has 1 amide bonds. The van der Waals surface area contributed by atoms with Gasteiger partial charge in [0.15, 0.2) is 0 Å². The Morgan fingerprint density at radius 1 is 1.53 bits per heavy atom. The highest BCUT2D eigenvalue weighted by atomic mass is 32.1. The van der Waals surface area contributed by atoms with Crippen LogP contribution in [0.25, 0.3) is 0 Å². The van der Waals surface area contributed by atoms with Gasteiger partial charge in [-0.2, -0.15) is 11.3 Å². The fourth-order valence-electron chi connectivity index (χ4n) is 2.06. The second-order valence-corrected chi connectivity index (χ2v) is 6.09. The number of aliphatic hydroxyl groups is 1. The summed E-state index contributed by atoms with van der Waals surface area (Å²) in [6.07, 6.45) is 0.763. The van der Waals surface area contributed by atoms with Crippen molar-refractivity contribution in [3.63, 3.8) is 0 Å². The van der Waals surface area contributed by atoms with Gasteiger partial charge in [-0.15, -0.1) is 0 Å². The molecule has 0 fully saturated rings. The van der Waals surface area contributed by atoms with Crippen LogP contribution < -0.4 is 11.1 Å². The van der Waals surface area contributed by atoms with Gasteiger partial charge in [-0.1, -0.05) is 13.8 Å². The van der Waals surface area contributed by atoms with Gasteiger partial charge in [-0.05, 0) is 47.2 Å². The largest absolute Gasteiger partial charge is 0.387 e. The Labute approximate surface area is 119 Å². The van der Waals surface area contributed by atoms with Gasteiger partial charge in [0.05, 0.1) is 6.10 Å². The van der Waals surface area contributed by atoms with Gasteiger partial charge >= 0.3 is 0 Å². The van der Waals surface area contributed by atoms with Crippen LogP contribution in [0.15, 0.2) is 16.8 Å². The maximum Gasteiger partial charge on any atom is 0.220 e. The van der Waals surface area contributed by atoms with E-state index in [0.717, 1.165) is 12.0 Å². The molecule has 0 saturated heterocycles. The lowest BCUT2D eigenvalue weighted by atomic mass is 9.94. The first-order chi connectivity index (χ1) is 9.02. The van der Waals surface area contributed by atoms with Gasteiger partial charge in [0.2, 0.25) is 5.91 Å². The third-order valence-corrected chi connectivity index (χ3v) is 3.73. The second kappa shape index (κ2) is 8.30. The minimum Gasteiger partial charge on any atom is -0.387 e. The molecule has 1 aromatic rings. The highest BCUT2D eigenvalue weighted by molar-refractivity contribution is 7.07. The molecule has 0 aliphatic heterocycles. The molecule has 0 aliphatic rings. The van der Waals surface area contributed by atoms with Crippen molar-refractivity contribution in [2.75, 3.05) is 13.1 Å². The summed E-state index contributed by atoms with van der Waals surface area (Å²) in [5.41, 5.74) is 6.52. The molecule has 1 heterocycles. The Hall–Kier alpha value is -0.910. The van der Waals surface area contributed by atoms with Crippen molar-refractivity contribution in [3.8, 4) is 0 Å². The van der Waals surface area contributed by atoms with E-state index in [1.807, 2.05) is 16.8 Å². The smallest absolute Gasteiger partial charge is 0.220 e. The first-order valence-corrected chi connectivity index (χ1v) is 7.64. The van der Waals surface area contributed by atoms with E-state index in [9.17, 15) is 9.90 Å². The molecule has 19 heavy (non-hydrogen) atoms. The molecule has 108 valence electrons. The zero-order valence-corrected chi connectivity index (χ0v) is 12.5. The molecule has 4 N–H and O–H groups in total. The summed E-state index contributed by atoms with van der Waals surface area (Å²) >= 11 is 1.53. The van der Waals surface area contributed by atoms with Gasteiger partial charge < -0.3 is 16.2 Å². The molecule has 0 aliphatic carbocycles. The van der Waals surface area contributed by atoms with E-state index in [2.05, 4.69) is 19.2 Å². The number of thiophene rings is 1. The van der Waals surface area contributed by atoms with Crippen molar-refractivity contribution in [2.24, 2.45) is 17.6 Å². The predicted octanol–water partition coefficient (Wildman–Crippen LogP) is 1.91. The van der Waals surface area contributed by atoms with Crippen molar-refractivity contribution < 1.29 is 9.90 Å². The number of rotatable bonds is 8. The maximum atomic E-state index is 11.8. The number of nitrogens with one attached hydrogen (secondary N) is 1. The molecular formula is C14H24N2O2S. The van der Waals surface area contributed by atoms with E-state index >= 15 is 0 Å². The average Bonchev–Trinajstić information content (AvgIpc) is 2.88. The molecule has 1 aromatic heterocycles. The maximum absolute atomic E-state index is 11.8. The fraction of sp³-hybridized carbons (Fsp3) is 0.643. The van der Waals surface area contributed by atoms with Gasteiger partial charge in [0.1, 0.15) is 0 Å². The summed E-state index contributed by atoms with van der Waals surface area (Å²) in [5, 5.41) is 16.4. The van der Waals surface area contributed by atoms with Crippen LogP contribution in [0.4, 0.5) is 0 Å². The number of carbonyl (C=O) groups is 1. The molecular weight excluding hydrogens is 260 g/mol. The molecule has 0 aromatic carbocycles. The lowest BCUT2D eigenvalue weighted by Crippen LogP contribution is -2.31. The summed E-state index contributed by atoms with van der Waals surface area (Å²) in [4.78, 5) is 11.8. The third-order valence-electron chi connectivity index (χ3n) is 3.03. The Morgan fingerprint density at radius 2 is 2.26 bits per heavy atom. The number of hydrogen-bond donors (Lipinski definition) is 3. The SMILES string of the molecule is CC(C)CC(CN)CC(=O)NCC(O)c1ccsc1. The minimum absolute atomic E-state index is 0.0367. The number of amides is 1. The van der Waals surface area contributed by atoms with Crippen molar-refractivity contribution in [2.45, 2.75) is 32.8 Å². The molecule has 2 atom stereocenters. The Bertz CT molecular complexity index is 366. The molecule has 1 rings (SSSR count). The first kappa shape index (κ1) is 16.1. The summed E-state index contributed by atoms with van der Waals surface area (Å²) in [6.45, 7) is 5.04. The highest BCUT2D eigenvalue weighted by Gasteiger charge is 2.15. The third kappa shape index (κ3) is 6.18. The van der Waals surface area contributed by atoms with Crippen molar-refractivity contribution in [1.29, 1.82) is 0 Å². The van der Waals surface area contributed by atoms with Gasteiger partial charge in [0.25, 0.3) is 0 Å². The van der Waals surface area contributed by atoms with Crippen LogP contribution >= 0.6 is 11.3 Å². The fourth-order valence-corrected chi connectivity index (χ4v) is 2.76. The Kier molecular flexibility index (Phi) is 7.05. The number of hydrogen-bond acceptors (Lipinski definition) is 4. The zero-order valence-electron chi connectivity index (χ0n) is 11.6. The van der Waals surface area contributed by atoms with E-state index in [1.54, 1.807) is 0 Å². The number of aliphatic hydroxyl groups excluding tert-OH is 1. The van der Waals surface area contributed by atoms with E-state index in [-0.39, 0.29) is 18.4 Å². The molecule has 0 spiro atoms. The van der Waals surface area contributed by atoms with Crippen LogP contribution in [0.2, 0.25) is 0 Å². The van der Waals surface area contributed by atoms with Crippen LogP contribution in [0.3, 0.4) is 0 Å². The van der Waals surface area contributed by atoms with Crippen molar-refractivity contribution in [1.82, 2.24) is 5.32 Å². The molecule has 4 nitrogen and oxygen atoms in total. The average molecular weight is 284 g/mol. The Morgan fingerprint density at radius 3 is 2.79 bits per heavy atom. The minimum atomic E-state index is -0.628. The van der Waals surface area contributed by atoms with Crippen molar-refractivity contribution >= 4 is 17.2 Å². The topological polar surface area (TPSA) is 75.4 Å². The standard InChI is InChI=1S/C14H24N2O2S/c1-10(2)5-11(7-15)6-14(18)16-8-13(17)12-3-4-19-9-12/h3-4,9-11,13,17H,5-8,15H2,1-2H3,(H,16,18). The van der Waals surface area contributed by atoms with Crippen LogP contribution in [0.1, 0.15) is 38.4 Å². The van der Waals surface area contributed by atoms with Crippen LogP contribution in [0.5, 0.6) is 0 Å². The molecule has 0 saturated carbocycles. The summed E-state index contributed by atoms with van der Waals surface area (Å²) in [7, 11) is 0. The van der Waals surface area contributed by atoms with E-state index in [1.165, 1.54) is 11.3 Å². The van der Waals surface area contributed by atoms with E-state index in [4.69, 9.17) is 5.73 Å².